The van der Waals surface area contributed by atoms with Crippen molar-refractivity contribution in [2.45, 2.75) is 0 Å². The fraction of sp³-hybridized carbons (Fsp3) is 0. The molecule has 4 nitrogen and oxygen atoms in total. The molecule has 96 valence electrons. The van der Waals surface area contributed by atoms with Gasteiger partial charge in [0.05, 0.1) is 16.9 Å². The number of hydrogen-bond acceptors (Lipinski definition) is 4. The van der Waals surface area contributed by atoms with Crippen LogP contribution in [0.1, 0.15) is 10.4 Å². The Morgan fingerprint density at radius 3 is 2.74 bits per heavy atom. The molecule has 0 bridgehead atoms. The first-order chi connectivity index (χ1) is 9.16. The highest BCUT2D eigenvalue weighted by atomic mass is 35.5. The number of carbonyl (C=O) groups is 1. The molecule has 0 aliphatic rings. The van der Waals surface area contributed by atoms with Crippen LogP contribution in [-0.4, -0.2) is 17.1 Å². The SMILES string of the molecule is O=C(C=NNc1cccc(O)c1)c1ccccc1Cl. The number of nitrogens with zero attached hydrogens (tertiary/aromatic N) is 1. The molecule has 0 unspecified atom stereocenters. The topological polar surface area (TPSA) is 61.7 Å². The third-order valence-electron chi connectivity index (χ3n) is 2.36. The Kier molecular flexibility index (Phi) is 4.15. The average Bonchev–Trinajstić information content (AvgIpc) is 2.39. The molecule has 0 aliphatic heterocycles. The summed E-state index contributed by atoms with van der Waals surface area (Å²) < 4.78 is 0. The number of halogens is 1. The molecule has 2 aromatic rings. The van der Waals surface area contributed by atoms with Crippen molar-refractivity contribution in [2.24, 2.45) is 5.10 Å². The molecule has 19 heavy (non-hydrogen) atoms. The van der Waals surface area contributed by atoms with Crippen LogP contribution in [0.2, 0.25) is 5.02 Å². The van der Waals surface area contributed by atoms with E-state index < -0.39 is 0 Å². The Bertz CT molecular complexity index is 626. The van der Waals surface area contributed by atoms with E-state index in [-0.39, 0.29) is 11.5 Å². The number of hydrazone groups is 1. The lowest BCUT2D eigenvalue weighted by molar-refractivity contribution is 0.107. The highest BCUT2D eigenvalue weighted by molar-refractivity contribution is 6.42. The molecule has 2 rings (SSSR count). The monoisotopic (exact) mass is 274 g/mol. The predicted molar refractivity (Wildman–Crippen MR) is 76.0 cm³/mol. The molecule has 2 aromatic carbocycles. The summed E-state index contributed by atoms with van der Waals surface area (Å²) in [6.07, 6.45) is 1.14. The number of ketones is 1. The first kappa shape index (κ1) is 13.1. The van der Waals surface area contributed by atoms with Crippen molar-refractivity contribution >= 4 is 29.3 Å². The summed E-state index contributed by atoms with van der Waals surface area (Å²) in [6.45, 7) is 0. The molecular weight excluding hydrogens is 264 g/mol. The number of phenolic OH excluding ortho intramolecular Hbond substituents is 1. The summed E-state index contributed by atoms with van der Waals surface area (Å²) in [4.78, 5) is 11.8. The second-order valence-electron chi connectivity index (χ2n) is 3.76. The van der Waals surface area contributed by atoms with Gasteiger partial charge in [0.2, 0.25) is 5.78 Å². The third kappa shape index (κ3) is 3.56. The average molecular weight is 275 g/mol. The van der Waals surface area contributed by atoms with E-state index in [9.17, 15) is 9.90 Å². The number of rotatable bonds is 4. The van der Waals surface area contributed by atoms with Crippen LogP contribution < -0.4 is 5.43 Å². The van der Waals surface area contributed by atoms with Gasteiger partial charge < -0.3 is 5.11 Å². The Morgan fingerprint density at radius 1 is 1.21 bits per heavy atom. The Balaban J connectivity index is 2.04. The zero-order chi connectivity index (χ0) is 13.7. The van der Waals surface area contributed by atoms with Crippen molar-refractivity contribution in [3.63, 3.8) is 0 Å². The molecule has 2 N–H and O–H groups in total. The molecular formula is C14H11ClN2O2. The van der Waals surface area contributed by atoms with Crippen LogP contribution >= 0.6 is 11.6 Å². The number of Topliss-reactive ketones (excluding diaryl/α,β-unsaturated/α-hetero) is 1. The van der Waals surface area contributed by atoms with E-state index in [1.165, 1.54) is 6.07 Å². The van der Waals surface area contributed by atoms with Crippen molar-refractivity contribution in [3.8, 4) is 5.75 Å². The maximum atomic E-state index is 11.8. The zero-order valence-electron chi connectivity index (χ0n) is 9.88. The molecule has 0 amide bonds. The van der Waals surface area contributed by atoms with Crippen LogP contribution in [0.25, 0.3) is 0 Å². The summed E-state index contributed by atoms with van der Waals surface area (Å²) in [5, 5.41) is 13.5. The minimum Gasteiger partial charge on any atom is -0.508 e. The molecule has 0 fully saturated rings. The van der Waals surface area contributed by atoms with Crippen molar-refractivity contribution in [1.82, 2.24) is 0 Å². The fourth-order valence-electron chi connectivity index (χ4n) is 1.47. The molecule has 0 spiro atoms. The van der Waals surface area contributed by atoms with Crippen molar-refractivity contribution in [1.29, 1.82) is 0 Å². The molecule has 5 heteroatoms. The van der Waals surface area contributed by atoms with Crippen LogP contribution in [0.15, 0.2) is 53.6 Å². The Labute approximate surface area is 115 Å². The second kappa shape index (κ2) is 6.02. The van der Waals surface area contributed by atoms with Crippen molar-refractivity contribution in [2.75, 3.05) is 5.43 Å². The number of phenols is 1. The van der Waals surface area contributed by atoms with Gasteiger partial charge in [-0.25, -0.2) is 0 Å². The van der Waals surface area contributed by atoms with E-state index >= 15 is 0 Å². The Morgan fingerprint density at radius 2 is 2.00 bits per heavy atom. The molecule has 0 saturated carbocycles. The van der Waals surface area contributed by atoms with Crippen molar-refractivity contribution < 1.29 is 9.90 Å². The molecule has 0 aromatic heterocycles. The highest BCUT2D eigenvalue weighted by Crippen LogP contribution is 2.16. The van der Waals surface area contributed by atoms with E-state index in [2.05, 4.69) is 10.5 Å². The van der Waals surface area contributed by atoms with Gasteiger partial charge in [-0.05, 0) is 24.3 Å². The van der Waals surface area contributed by atoms with Gasteiger partial charge in [-0.15, -0.1) is 0 Å². The number of anilines is 1. The van der Waals surface area contributed by atoms with Gasteiger partial charge in [0, 0.05) is 11.6 Å². The predicted octanol–water partition coefficient (Wildman–Crippen LogP) is 3.33. The molecule has 0 atom stereocenters. The maximum absolute atomic E-state index is 11.8. The van der Waals surface area contributed by atoms with Gasteiger partial charge in [0.25, 0.3) is 0 Å². The van der Waals surface area contributed by atoms with Gasteiger partial charge >= 0.3 is 0 Å². The standard InChI is InChI=1S/C14H11ClN2O2/c15-13-7-2-1-6-12(13)14(19)9-16-17-10-4-3-5-11(18)8-10/h1-9,17-18H. The molecule has 0 heterocycles. The quantitative estimate of drug-likeness (QED) is 0.511. The summed E-state index contributed by atoms with van der Waals surface area (Å²) >= 11 is 5.90. The van der Waals surface area contributed by atoms with Gasteiger partial charge in [0.1, 0.15) is 5.75 Å². The van der Waals surface area contributed by atoms with Gasteiger partial charge in [-0.1, -0.05) is 29.8 Å². The first-order valence-corrected chi connectivity index (χ1v) is 5.91. The lowest BCUT2D eigenvalue weighted by Gasteiger charge is -2.00. The van der Waals surface area contributed by atoms with Crippen LogP contribution in [0, 0.1) is 0 Å². The van der Waals surface area contributed by atoms with E-state index in [1.807, 2.05) is 0 Å². The highest BCUT2D eigenvalue weighted by Gasteiger charge is 2.06. The Hall–Kier alpha value is -2.33. The summed E-state index contributed by atoms with van der Waals surface area (Å²) in [5.41, 5.74) is 3.63. The summed E-state index contributed by atoms with van der Waals surface area (Å²) in [7, 11) is 0. The van der Waals surface area contributed by atoms with Crippen LogP contribution in [0.3, 0.4) is 0 Å². The minimum absolute atomic E-state index is 0.123. The van der Waals surface area contributed by atoms with Gasteiger partial charge in [-0.2, -0.15) is 5.10 Å². The molecule has 0 aliphatic carbocycles. The number of nitrogens with one attached hydrogen (secondary N) is 1. The van der Waals surface area contributed by atoms with Crippen LogP contribution in [-0.2, 0) is 0 Å². The number of carbonyl (C=O) groups excluding carboxylic acids is 1. The molecule has 0 saturated heterocycles. The number of aromatic hydroxyl groups is 1. The lowest BCUT2D eigenvalue weighted by atomic mass is 10.1. The smallest absolute Gasteiger partial charge is 0.207 e. The largest absolute Gasteiger partial charge is 0.508 e. The molecule has 0 radical (unpaired) electrons. The van der Waals surface area contributed by atoms with E-state index in [0.717, 1.165) is 6.21 Å². The van der Waals surface area contributed by atoms with E-state index in [4.69, 9.17) is 11.6 Å². The number of hydrogen-bond donors (Lipinski definition) is 2. The first-order valence-electron chi connectivity index (χ1n) is 5.54. The summed E-state index contributed by atoms with van der Waals surface area (Å²) in [6, 6.07) is 13.2. The summed E-state index contributed by atoms with van der Waals surface area (Å²) in [5.74, 6) is -0.170. The van der Waals surface area contributed by atoms with Crippen LogP contribution in [0.5, 0.6) is 5.75 Å². The third-order valence-corrected chi connectivity index (χ3v) is 2.69. The number of benzene rings is 2. The van der Waals surface area contributed by atoms with Gasteiger partial charge in [0.15, 0.2) is 0 Å². The lowest BCUT2D eigenvalue weighted by Crippen LogP contribution is -2.03. The fourth-order valence-corrected chi connectivity index (χ4v) is 1.70. The van der Waals surface area contributed by atoms with E-state index in [0.29, 0.717) is 16.3 Å². The normalized spacial score (nSPS) is 10.6. The van der Waals surface area contributed by atoms with E-state index in [1.54, 1.807) is 42.5 Å². The second-order valence-corrected chi connectivity index (χ2v) is 4.17. The maximum Gasteiger partial charge on any atom is 0.207 e. The van der Waals surface area contributed by atoms with Gasteiger partial charge in [-0.3, -0.25) is 10.2 Å². The zero-order valence-corrected chi connectivity index (χ0v) is 10.6. The van der Waals surface area contributed by atoms with Crippen molar-refractivity contribution in [3.05, 3.63) is 59.1 Å². The van der Waals surface area contributed by atoms with Crippen LogP contribution in [0.4, 0.5) is 5.69 Å². The minimum atomic E-state index is -0.293.